The Hall–Kier alpha value is -1.43. The standard InChI is InChI=1S/C13H24N4O2/c1-9(2)11(16(3)4)8-14-13(19)10-6-7-12(18)17(5)15-10/h9,11H,6-8H2,1-5H3,(H,14,19). The second-order valence-electron chi connectivity index (χ2n) is 5.45. The summed E-state index contributed by atoms with van der Waals surface area (Å²) in [6, 6.07) is 0.285. The van der Waals surface area contributed by atoms with Crippen LogP contribution in [0.15, 0.2) is 5.10 Å². The fourth-order valence-electron chi connectivity index (χ4n) is 2.15. The fraction of sp³-hybridized carbons (Fsp3) is 0.769. The van der Waals surface area contributed by atoms with Gasteiger partial charge in [0.15, 0.2) is 0 Å². The molecule has 0 saturated carbocycles. The zero-order valence-corrected chi connectivity index (χ0v) is 12.4. The van der Waals surface area contributed by atoms with E-state index in [1.54, 1.807) is 7.05 Å². The quantitative estimate of drug-likeness (QED) is 0.780. The lowest BCUT2D eigenvalue weighted by atomic mass is 10.0. The van der Waals surface area contributed by atoms with E-state index < -0.39 is 0 Å². The molecule has 1 aliphatic rings. The van der Waals surface area contributed by atoms with Gasteiger partial charge in [0.05, 0.1) is 0 Å². The van der Waals surface area contributed by atoms with Gasteiger partial charge >= 0.3 is 0 Å². The summed E-state index contributed by atoms with van der Waals surface area (Å²) in [6.07, 6.45) is 0.771. The SMILES string of the molecule is CC(C)C(CNC(=O)C1=NN(C)C(=O)CC1)N(C)C. The largest absolute Gasteiger partial charge is 0.349 e. The van der Waals surface area contributed by atoms with Gasteiger partial charge in [0.2, 0.25) is 5.91 Å². The van der Waals surface area contributed by atoms with Crippen LogP contribution in [0.25, 0.3) is 0 Å². The van der Waals surface area contributed by atoms with Crippen LogP contribution in [0.4, 0.5) is 0 Å². The Balaban J connectivity index is 2.56. The lowest BCUT2D eigenvalue weighted by molar-refractivity contribution is -0.130. The Bertz CT molecular complexity index is 369. The van der Waals surface area contributed by atoms with Crippen molar-refractivity contribution < 1.29 is 9.59 Å². The Labute approximate surface area is 114 Å². The van der Waals surface area contributed by atoms with Gasteiger partial charge in [-0.05, 0) is 20.0 Å². The number of nitrogens with one attached hydrogen (secondary N) is 1. The third-order valence-corrected chi connectivity index (χ3v) is 3.37. The van der Waals surface area contributed by atoms with E-state index in [1.165, 1.54) is 5.01 Å². The lowest BCUT2D eigenvalue weighted by Gasteiger charge is -2.28. The van der Waals surface area contributed by atoms with Crippen molar-refractivity contribution in [1.82, 2.24) is 15.2 Å². The molecule has 0 saturated heterocycles. The zero-order valence-electron chi connectivity index (χ0n) is 12.4. The molecule has 1 N–H and O–H groups in total. The van der Waals surface area contributed by atoms with Crippen LogP contribution in [0.1, 0.15) is 26.7 Å². The molecule has 0 aromatic carbocycles. The smallest absolute Gasteiger partial charge is 0.267 e. The molecule has 0 aliphatic carbocycles. The first-order chi connectivity index (χ1) is 8.82. The van der Waals surface area contributed by atoms with Crippen molar-refractivity contribution in [3.63, 3.8) is 0 Å². The van der Waals surface area contributed by atoms with Gasteiger partial charge in [0, 0.05) is 32.5 Å². The highest BCUT2D eigenvalue weighted by atomic mass is 16.2. The average Bonchev–Trinajstić information content (AvgIpc) is 2.31. The summed E-state index contributed by atoms with van der Waals surface area (Å²) >= 11 is 0. The first-order valence-corrected chi connectivity index (χ1v) is 6.61. The molecule has 19 heavy (non-hydrogen) atoms. The Morgan fingerprint density at radius 1 is 1.42 bits per heavy atom. The van der Waals surface area contributed by atoms with Crippen LogP contribution in [-0.2, 0) is 9.59 Å². The van der Waals surface area contributed by atoms with Gasteiger partial charge in [-0.1, -0.05) is 13.8 Å². The number of amides is 2. The van der Waals surface area contributed by atoms with Crippen LogP contribution in [-0.4, -0.2) is 61.2 Å². The predicted octanol–water partition coefficient (Wildman–Crippen LogP) is 0.297. The molecule has 0 bridgehead atoms. The number of likely N-dealkylation sites (N-methyl/N-ethyl adjacent to an activating group) is 1. The minimum atomic E-state index is -0.174. The Kier molecular flexibility index (Phi) is 5.47. The van der Waals surface area contributed by atoms with E-state index in [2.05, 4.69) is 29.2 Å². The van der Waals surface area contributed by atoms with Gasteiger partial charge in [-0.2, -0.15) is 5.10 Å². The van der Waals surface area contributed by atoms with Crippen LogP contribution in [0, 0.1) is 5.92 Å². The van der Waals surface area contributed by atoms with Gasteiger partial charge in [-0.25, -0.2) is 5.01 Å². The average molecular weight is 268 g/mol. The van der Waals surface area contributed by atoms with Crippen LogP contribution in [0.2, 0.25) is 0 Å². The summed E-state index contributed by atoms with van der Waals surface area (Å²) < 4.78 is 0. The summed E-state index contributed by atoms with van der Waals surface area (Å²) in [4.78, 5) is 25.4. The Morgan fingerprint density at radius 2 is 2.05 bits per heavy atom. The van der Waals surface area contributed by atoms with E-state index in [0.29, 0.717) is 31.0 Å². The molecule has 0 fully saturated rings. The minimum absolute atomic E-state index is 0.0510. The first kappa shape index (κ1) is 15.6. The monoisotopic (exact) mass is 268 g/mol. The molecule has 0 spiro atoms. The number of rotatable bonds is 5. The van der Waals surface area contributed by atoms with Gasteiger partial charge in [0.1, 0.15) is 5.71 Å². The van der Waals surface area contributed by atoms with Gasteiger partial charge < -0.3 is 10.2 Å². The molecule has 1 aliphatic heterocycles. The second kappa shape index (κ2) is 6.65. The fourth-order valence-corrected chi connectivity index (χ4v) is 2.15. The molecule has 108 valence electrons. The molecule has 0 radical (unpaired) electrons. The molecule has 1 unspecified atom stereocenters. The molecule has 6 nitrogen and oxygen atoms in total. The van der Waals surface area contributed by atoms with E-state index in [-0.39, 0.29) is 17.9 Å². The van der Waals surface area contributed by atoms with Crippen molar-refractivity contribution in [2.24, 2.45) is 11.0 Å². The van der Waals surface area contributed by atoms with E-state index in [9.17, 15) is 9.59 Å². The maximum Gasteiger partial charge on any atom is 0.267 e. The zero-order chi connectivity index (χ0) is 14.6. The molecule has 2 amide bonds. The number of nitrogens with zero attached hydrogens (tertiary/aromatic N) is 3. The number of hydrogen-bond acceptors (Lipinski definition) is 4. The lowest BCUT2D eigenvalue weighted by Crippen LogP contribution is -2.46. The summed E-state index contributed by atoms with van der Waals surface area (Å²) in [5.41, 5.74) is 0.434. The van der Waals surface area contributed by atoms with Crippen molar-refractivity contribution >= 4 is 17.5 Å². The summed E-state index contributed by atoms with van der Waals surface area (Å²) in [7, 11) is 5.58. The number of carbonyl (C=O) groups excluding carboxylic acids is 2. The molecule has 0 aromatic rings. The van der Waals surface area contributed by atoms with Crippen molar-refractivity contribution in [2.45, 2.75) is 32.7 Å². The molecule has 1 heterocycles. The molecular weight excluding hydrogens is 244 g/mol. The number of hydrogen-bond donors (Lipinski definition) is 1. The summed E-state index contributed by atoms with van der Waals surface area (Å²) in [5.74, 6) is 0.226. The predicted molar refractivity (Wildman–Crippen MR) is 74.8 cm³/mol. The maximum atomic E-state index is 12.0. The normalized spacial score (nSPS) is 17.7. The van der Waals surface area contributed by atoms with Crippen molar-refractivity contribution in [1.29, 1.82) is 0 Å². The third kappa shape index (κ3) is 4.31. The topological polar surface area (TPSA) is 65.0 Å². The molecule has 0 aromatic heterocycles. The van der Waals surface area contributed by atoms with Crippen LogP contribution >= 0.6 is 0 Å². The van der Waals surface area contributed by atoms with Gasteiger partial charge in [-0.3, -0.25) is 9.59 Å². The number of hydrazone groups is 1. The van der Waals surface area contributed by atoms with Crippen LogP contribution in [0.5, 0.6) is 0 Å². The van der Waals surface area contributed by atoms with E-state index in [4.69, 9.17) is 0 Å². The van der Waals surface area contributed by atoms with Gasteiger partial charge in [-0.15, -0.1) is 0 Å². The van der Waals surface area contributed by atoms with Crippen molar-refractivity contribution in [3.8, 4) is 0 Å². The molecule has 1 atom stereocenters. The maximum absolute atomic E-state index is 12.0. The highest BCUT2D eigenvalue weighted by Gasteiger charge is 2.23. The summed E-state index contributed by atoms with van der Waals surface area (Å²) in [6.45, 7) is 4.84. The van der Waals surface area contributed by atoms with Crippen LogP contribution in [0.3, 0.4) is 0 Å². The van der Waals surface area contributed by atoms with E-state index in [0.717, 1.165) is 0 Å². The third-order valence-electron chi connectivity index (χ3n) is 3.37. The highest BCUT2D eigenvalue weighted by Crippen LogP contribution is 2.08. The van der Waals surface area contributed by atoms with Crippen molar-refractivity contribution in [3.05, 3.63) is 0 Å². The number of carbonyl (C=O) groups is 2. The second-order valence-corrected chi connectivity index (χ2v) is 5.45. The van der Waals surface area contributed by atoms with Crippen molar-refractivity contribution in [2.75, 3.05) is 27.7 Å². The van der Waals surface area contributed by atoms with E-state index in [1.807, 2.05) is 14.1 Å². The van der Waals surface area contributed by atoms with Gasteiger partial charge in [0.25, 0.3) is 5.91 Å². The Morgan fingerprint density at radius 3 is 2.53 bits per heavy atom. The highest BCUT2D eigenvalue weighted by molar-refractivity contribution is 6.39. The summed E-state index contributed by atoms with van der Waals surface area (Å²) in [5, 5.41) is 8.15. The minimum Gasteiger partial charge on any atom is -0.349 e. The van der Waals surface area contributed by atoms with E-state index >= 15 is 0 Å². The molecular formula is C13H24N4O2. The molecule has 6 heteroatoms. The van der Waals surface area contributed by atoms with Crippen LogP contribution < -0.4 is 5.32 Å². The molecule has 1 rings (SSSR count). The first-order valence-electron chi connectivity index (χ1n) is 6.61.